The third-order valence-corrected chi connectivity index (χ3v) is 2.22. The summed E-state index contributed by atoms with van der Waals surface area (Å²) in [4.78, 5) is 21.8. The lowest BCUT2D eigenvalue weighted by atomic mass is 10.3. The average molecular weight is 291 g/mol. The Hall–Kier alpha value is -2.97. The molecule has 9 heteroatoms. The van der Waals surface area contributed by atoms with Gasteiger partial charge in [-0.3, -0.25) is 10.1 Å². The predicted molar refractivity (Wildman–Crippen MR) is 73.2 cm³/mol. The molecule has 21 heavy (non-hydrogen) atoms. The summed E-state index contributed by atoms with van der Waals surface area (Å²) >= 11 is 0. The zero-order chi connectivity index (χ0) is 15.4. The van der Waals surface area contributed by atoms with Gasteiger partial charge < -0.3 is 15.2 Å². The molecule has 0 aliphatic heterocycles. The predicted octanol–water partition coefficient (Wildman–Crippen LogP) is 1.94. The highest BCUT2D eigenvalue weighted by atomic mass is 16.6. The lowest BCUT2D eigenvalue weighted by molar-refractivity contribution is -0.385. The van der Waals surface area contributed by atoms with Gasteiger partial charge in [-0.05, 0) is 19.9 Å². The largest absolute Gasteiger partial charge is 0.461 e. The molecule has 1 aromatic heterocycles. The Morgan fingerprint density at radius 1 is 1.19 bits per heavy atom. The zero-order valence-corrected chi connectivity index (χ0v) is 11.4. The van der Waals surface area contributed by atoms with Crippen molar-refractivity contribution in [2.75, 3.05) is 5.73 Å². The first-order valence-electron chi connectivity index (χ1n) is 6.05. The van der Waals surface area contributed by atoms with Crippen molar-refractivity contribution < 1.29 is 14.4 Å². The van der Waals surface area contributed by atoms with Crippen LogP contribution in [-0.2, 0) is 0 Å². The third kappa shape index (κ3) is 3.75. The number of nitrogen functional groups attached to an aromatic ring is 1. The molecule has 2 N–H and O–H groups in total. The molecule has 0 aliphatic rings. The molecule has 0 radical (unpaired) electrons. The summed E-state index contributed by atoms with van der Waals surface area (Å²) in [6.45, 7) is 3.59. The summed E-state index contributed by atoms with van der Waals surface area (Å²) in [5, 5.41) is 10.9. The van der Waals surface area contributed by atoms with E-state index in [9.17, 15) is 10.1 Å². The fourth-order valence-corrected chi connectivity index (χ4v) is 1.45. The molecule has 9 nitrogen and oxygen atoms in total. The van der Waals surface area contributed by atoms with Crippen molar-refractivity contribution in [3.8, 4) is 17.8 Å². The van der Waals surface area contributed by atoms with Crippen molar-refractivity contribution in [1.29, 1.82) is 0 Å². The van der Waals surface area contributed by atoms with Gasteiger partial charge >= 0.3 is 17.7 Å². The first kappa shape index (κ1) is 14.4. The van der Waals surface area contributed by atoms with Gasteiger partial charge in [0.15, 0.2) is 0 Å². The summed E-state index contributed by atoms with van der Waals surface area (Å²) < 4.78 is 10.6. The molecule has 0 atom stereocenters. The molecule has 0 amide bonds. The first-order chi connectivity index (χ1) is 9.95. The Bertz CT molecular complexity index is 662. The van der Waals surface area contributed by atoms with Crippen molar-refractivity contribution in [3.05, 3.63) is 34.4 Å². The van der Waals surface area contributed by atoms with Crippen LogP contribution in [0.3, 0.4) is 0 Å². The Morgan fingerprint density at radius 2 is 1.86 bits per heavy atom. The molecule has 0 bridgehead atoms. The SMILES string of the molecule is CC(C)Oc1nc(N)nc(Oc2ccccc2[N+](=O)[O-])n1. The Labute approximate surface area is 119 Å². The number of aromatic nitrogens is 3. The molecule has 110 valence electrons. The maximum Gasteiger partial charge on any atom is 0.330 e. The topological polar surface area (TPSA) is 126 Å². The summed E-state index contributed by atoms with van der Waals surface area (Å²) in [5.41, 5.74) is 5.32. The van der Waals surface area contributed by atoms with Crippen LogP contribution >= 0.6 is 0 Å². The van der Waals surface area contributed by atoms with Gasteiger partial charge in [0.05, 0.1) is 11.0 Å². The third-order valence-electron chi connectivity index (χ3n) is 2.22. The smallest absolute Gasteiger partial charge is 0.330 e. The lowest BCUT2D eigenvalue weighted by Gasteiger charge is -2.09. The van der Waals surface area contributed by atoms with Crippen molar-refractivity contribution in [2.45, 2.75) is 20.0 Å². The minimum absolute atomic E-state index is 0.00333. The molecule has 0 fully saturated rings. The number of nitro benzene ring substituents is 1. The van der Waals surface area contributed by atoms with E-state index < -0.39 is 4.92 Å². The molecule has 0 spiro atoms. The van der Waals surface area contributed by atoms with Gasteiger partial charge in [0.2, 0.25) is 11.7 Å². The minimum Gasteiger partial charge on any atom is -0.461 e. The number of hydrogen-bond acceptors (Lipinski definition) is 8. The zero-order valence-electron chi connectivity index (χ0n) is 11.4. The van der Waals surface area contributed by atoms with Gasteiger partial charge in [-0.1, -0.05) is 12.1 Å². The summed E-state index contributed by atoms with van der Waals surface area (Å²) in [7, 11) is 0. The first-order valence-corrected chi connectivity index (χ1v) is 6.05. The van der Waals surface area contributed by atoms with Crippen LogP contribution < -0.4 is 15.2 Å². The molecule has 0 saturated heterocycles. The fraction of sp³-hybridized carbons (Fsp3) is 0.250. The van der Waals surface area contributed by atoms with E-state index in [1.54, 1.807) is 19.9 Å². The number of anilines is 1. The number of nitrogens with two attached hydrogens (primary N) is 1. The highest BCUT2D eigenvalue weighted by Gasteiger charge is 2.17. The van der Waals surface area contributed by atoms with Crippen molar-refractivity contribution in [2.24, 2.45) is 0 Å². The highest BCUT2D eigenvalue weighted by molar-refractivity contribution is 5.47. The van der Waals surface area contributed by atoms with Crippen LogP contribution in [0.4, 0.5) is 11.6 Å². The Morgan fingerprint density at radius 3 is 2.52 bits per heavy atom. The molecule has 0 aliphatic carbocycles. The van der Waals surface area contributed by atoms with Gasteiger partial charge in [0, 0.05) is 6.07 Å². The van der Waals surface area contributed by atoms with Crippen LogP contribution in [-0.4, -0.2) is 26.0 Å². The molecule has 0 unspecified atom stereocenters. The van der Waals surface area contributed by atoms with Crippen molar-refractivity contribution in [1.82, 2.24) is 15.0 Å². The minimum atomic E-state index is -0.564. The van der Waals surface area contributed by atoms with Gasteiger partial charge in [0.25, 0.3) is 0 Å². The van der Waals surface area contributed by atoms with Crippen molar-refractivity contribution >= 4 is 11.6 Å². The maximum atomic E-state index is 10.9. The van der Waals surface area contributed by atoms with E-state index in [0.29, 0.717) is 0 Å². The summed E-state index contributed by atoms with van der Waals surface area (Å²) in [5.74, 6) is -0.0992. The van der Waals surface area contributed by atoms with Crippen LogP contribution in [0.15, 0.2) is 24.3 Å². The molecule has 1 heterocycles. The van der Waals surface area contributed by atoms with E-state index in [4.69, 9.17) is 15.2 Å². The molecule has 2 aromatic rings. The van der Waals surface area contributed by atoms with Crippen molar-refractivity contribution in [3.63, 3.8) is 0 Å². The second kappa shape index (κ2) is 5.99. The van der Waals surface area contributed by atoms with Crippen LogP contribution in [0.1, 0.15) is 13.8 Å². The van der Waals surface area contributed by atoms with E-state index in [2.05, 4.69) is 15.0 Å². The van der Waals surface area contributed by atoms with Crippen LogP contribution in [0.2, 0.25) is 0 Å². The van der Waals surface area contributed by atoms with E-state index in [0.717, 1.165) is 0 Å². The summed E-state index contributed by atoms with van der Waals surface area (Å²) in [6.07, 6.45) is -0.161. The molecule has 2 rings (SSSR count). The van der Waals surface area contributed by atoms with E-state index >= 15 is 0 Å². The molecule has 1 aromatic carbocycles. The Balaban J connectivity index is 2.31. The second-order valence-corrected chi connectivity index (χ2v) is 4.25. The van der Waals surface area contributed by atoms with E-state index in [1.165, 1.54) is 18.2 Å². The lowest BCUT2D eigenvalue weighted by Crippen LogP contribution is -2.11. The van der Waals surface area contributed by atoms with Gasteiger partial charge in [-0.2, -0.15) is 9.97 Å². The monoisotopic (exact) mass is 291 g/mol. The summed E-state index contributed by atoms with van der Waals surface area (Å²) in [6, 6.07) is 5.68. The number of rotatable bonds is 5. The quantitative estimate of drug-likeness (QED) is 0.654. The van der Waals surface area contributed by atoms with Crippen LogP contribution in [0.25, 0.3) is 0 Å². The Kier molecular flexibility index (Phi) is 4.12. The fourth-order valence-electron chi connectivity index (χ4n) is 1.45. The van der Waals surface area contributed by atoms with Crippen LogP contribution in [0.5, 0.6) is 17.8 Å². The number of benzene rings is 1. The highest BCUT2D eigenvalue weighted by Crippen LogP contribution is 2.29. The average Bonchev–Trinajstić information content (AvgIpc) is 2.37. The normalized spacial score (nSPS) is 10.4. The van der Waals surface area contributed by atoms with Crippen LogP contribution in [0, 0.1) is 10.1 Å². The number of hydrogen-bond donors (Lipinski definition) is 1. The number of nitrogens with zero attached hydrogens (tertiary/aromatic N) is 4. The molecular formula is C12H13N5O4. The number of ether oxygens (including phenoxy) is 2. The van der Waals surface area contributed by atoms with E-state index in [1.807, 2.05) is 0 Å². The van der Waals surface area contributed by atoms with Gasteiger partial charge in [0.1, 0.15) is 0 Å². The number of nitro groups is 1. The van der Waals surface area contributed by atoms with Gasteiger partial charge in [-0.15, -0.1) is 4.98 Å². The molecular weight excluding hydrogens is 278 g/mol. The number of para-hydroxylation sites is 2. The molecule has 0 saturated carbocycles. The maximum absolute atomic E-state index is 10.9. The van der Waals surface area contributed by atoms with Gasteiger partial charge in [-0.25, -0.2) is 0 Å². The second-order valence-electron chi connectivity index (χ2n) is 4.25. The van der Waals surface area contributed by atoms with E-state index in [-0.39, 0.29) is 35.5 Å². The standard InChI is InChI=1S/C12H13N5O4/c1-7(2)20-11-14-10(13)15-12(16-11)21-9-6-4-3-5-8(9)17(18)19/h3-7H,1-2H3,(H2,13,14,15,16).